The van der Waals surface area contributed by atoms with Crippen molar-refractivity contribution in [1.29, 1.82) is 0 Å². The molecule has 0 spiro atoms. The van der Waals surface area contributed by atoms with Crippen molar-refractivity contribution in [1.82, 2.24) is 0 Å². The van der Waals surface area contributed by atoms with Crippen LogP contribution in [-0.4, -0.2) is 10.5 Å². The molecule has 0 aliphatic carbocycles. The van der Waals surface area contributed by atoms with Crippen LogP contribution in [0.3, 0.4) is 0 Å². The highest BCUT2D eigenvalue weighted by atomic mass is 35.5. The van der Waals surface area contributed by atoms with Crippen molar-refractivity contribution in [2.75, 3.05) is 0 Å². The zero-order valence-corrected chi connectivity index (χ0v) is 15.2. The first-order chi connectivity index (χ1) is 11.5. The number of hydrogen-bond acceptors (Lipinski definition) is 2. The Kier molecular flexibility index (Phi) is 7.96. The van der Waals surface area contributed by atoms with E-state index in [1.807, 2.05) is 0 Å². The second kappa shape index (κ2) is 9.05. The lowest BCUT2D eigenvalue weighted by Crippen LogP contribution is -2.03. The summed E-state index contributed by atoms with van der Waals surface area (Å²) >= 11 is 26.9. The van der Waals surface area contributed by atoms with E-state index in [-0.39, 0.29) is 21.7 Å². The average Bonchev–Trinajstić information content (AvgIpc) is 2.47. The zero-order valence-electron chi connectivity index (χ0n) is 11.5. The molecule has 0 aliphatic heterocycles. The fourth-order valence-corrected chi connectivity index (χ4v) is 2.87. The molecule has 0 amide bonds. The smallest absolute Gasteiger partial charge is 0.255 e. The minimum atomic E-state index is -2.05. The largest absolute Gasteiger partial charge is 0.275 e. The Hall–Kier alpha value is -1.05. The van der Waals surface area contributed by atoms with Gasteiger partial charge in [0.05, 0.1) is 21.2 Å². The van der Waals surface area contributed by atoms with E-state index in [9.17, 15) is 27.2 Å². The summed E-state index contributed by atoms with van der Waals surface area (Å²) in [5.41, 5.74) is -0.942. The summed E-state index contributed by atoms with van der Waals surface area (Å²) in [6.07, 6.45) is 0. The lowest BCUT2D eigenvalue weighted by atomic mass is 10.2. The van der Waals surface area contributed by atoms with Crippen molar-refractivity contribution in [3.63, 3.8) is 0 Å². The second-order valence-corrected chi connectivity index (χ2v) is 6.08. The van der Waals surface area contributed by atoms with E-state index in [2.05, 4.69) is 0 Å². The molecule has 2 rings (SSSR count). The first-order valence-corrected chi connectivity index (χ1v) is 7.73. The summed E-state index contributed by atoms with van der Waals surface area (Å²) in [4.78, 5) is 21.1. The van der Waals surface area contributed by atoms with E-state index in [0.717, 1.165) is 0 Å². The van der Waals surface area contributed by atoms with Gasteiger partial charge in [-0.25, -0.2) is 17.6 Å². The summed E-state index contributed by atoms with van der Waals surface area (Å²) in [6, 6.07) is 3.01. The van der Waals surface area contributed by atoms with Crippen LogP contribution in [0.4, 0.5) is 17.6 Å². The van der Waals surface area contributed by atoms with Crippen LogP contribution in [0.15, 0.2) is 18.2 Å². The van der Waals surface area contributed by atoms with Crippen LogP contribution >= 0.6 is 58.0 Å². The molecule has 0 N–H and O–H groups in total. The van der Waals surface area contributed by atoms with Crippen molar-refractivity contribution in [3.8, 4) is 0 Å². The van der Waals surface area contributed by atoms with Crippen molar-refractivity contribution in [3.05, 3.63) is 67.7 Å². The Morgan fingerprint density at radius 1 is 0.720 bits per heavy atom. The molecule has 0 fully saturated rings. The van der Waals surface area contributed by atoms with Crippen LogP contribution in [0.2, 0.25) is 15.1 Å². The molecule has 25 heavy (non-hydrogen) atoms. The number of carbonyl (C=O) groups is 2. The Bertz CT molecular complexity index is 835. The molecule has 0 saturated heterocycles. The zero-order chi connectivity index (χ0) is 19.5. The fourth-order valence-electron chi connectivity index (χ4n) is 1.45. The molecule has 134 valence electrons. The van der Waals surface area contributed by atoms with Gasteiger partial charge < -0.3 is 0 Å². The predicted molar refractivity (Wildman–Crippen MR) is 88.1 cm³/mol. The third-order valence-corrected chi connectivity index (χ3v) is 3.72. The number of carbonyl (C=O) groups excluding carboxylic acids is 2. The summed E-state index contributed by atoms with van der Waals surface area (Å²) in [5, 5.41) is -1.40. The van der Waals surface area contributed by atoms with E-state index in [0.29, 0.717) is 5.02 Å². The lowest BCUT2D eigenvalue weighted by Gasteiger charge is -2.01. The van der Waals surface area contributed by atoms with Gasteiger partial charge in [-0.3, -0.25) is 9.59 Å². The fraction of sp³-hybridized carbons (Fsp3) is 0. The van der Waals surface area contributed by atoms with Gasteiger partial charge in [0.2, 0.25) is 0 Å². The van der Waals surface area contributed by atoms with Gasteiger partial charge in [-0.15, -0.1) is 0 Å². The van der Waals surface area contributed by atoms with Gasteiger partial charge in [0.25, 0.3) is 10.5 Å². The Labute approximate surface area is 163 Å². The Balaban J connectivity index is 0.000000251. The number of benzene rings is 2. The van der Waals surface area contributed by atoms with Crippen molar-refractivity contribution >= 4 is 68.5 Å². The minimum Gasteiger partial charge on any atom is -0.275 e. The normalized spacial score (nSPS) is 10.1. The van der Waals surface area contributed by atoms with Crippen molar-refractivity contribution < 1.29 is 27.2 Å². The van der Waals surface area contributed by atoms with Crippen molar-refractivity contribution in [2.24, 2.45) is 0 Å². The van der Waals surface area contributed by atoms with Crippen LogP contribution in [0, 0.1) is 23.3 Å². The molecule has 0 saturated carbocycles. The first-order valence-electron chi connectivity index (χ1n) is 5.84. The monoisotopic (exact) mass is 454 g/mol. The molecule has 0 aliphatic rings. The third-order valence-electron chi connectivity index (χ3n) is 2.52. The molecule has 2 aromatic rings. The van der Waals surface area contributed by atoms with Gasteiger partial charge in [0, 0.05) is 5.02 Å². The summed E-state index contributed by atoms with van der Waals surface area (Å²) in [5.74, 6) is -7.48. The molecule has 0 heterocycles. The van der Waals surface area contributed by atoms with Gasteiger partial charge in [-0.2, -0.15) is 0 Å². The topological polar surface area (TPSA) is 34.1 Å². The molecule has 0 radical (unpaired) electrons. The third kappa shape index (κ3) is 5.46. The summed E-state index contributed by atoms with van der Waals surface area (Å²) in [7, 11) is 0. The highest BCUT2D eigenvalue weighted by Gasteiger charge is 2.21. The van der Waals surface area contributed by atoms with E-state index >= 15 is 0 Å². The predicted octanol–water partition coefficient (Wildman–Crippen LogP) is 6.65. The van der Waals surface area contributed by atoms with E-state index in [1.165, 1.54) is 12.1 Å². The minimum absolute atomic E-state index is 0.0874. The molecular formula is C14H3Cl5F4O2. The molecule has 0 bridgehead atoms. The van der Waals surface area contributed by atoms with Gasteiger partial charge in [-0.1, -0.05) is 34.8 Å². The second-order valence-electron chi connectivity index (χ2n) is 4.14. The van der Waals surface area contributed by atoms with E-state index in [4.69, 9.17) is 58.0 Å². The highest BCUT2D eigenvalue weighted by Crippen LogP contribution is 2.29. The summed E-state index contributed by atoms with van der Waals surface area (Å²) < 4.78 is 49.7. The molecular weight excluding hydrogens is 453 g/mol. The van der Waals surface area contributed by atoms with Crippen LogP contribution in [0.1, 0.15) is 20.7 Å². The number of hydrogen-bond donors (Lipinski definition) is 0. The molecule has 2 aromatic carbocycles. The van der Waals surface area contributed by atoms with Crippen LogP contribution < -0.4 is 0 Å². The molecule has 0 unspecified atom stereocenters. The number of halogens is 9. The summed E-state index contributed by atoms with van der Waals surface area (Å²) in [6.45, 7) is 0. The van der Waals surface area contributed by atoms with Crippen LogP contribution in [0.25, 0.3) is 0 Å². The first kappa shape index (κ1) is 22.0. The SMILES string of the molecule is O=C(Cl)c1c(Cl)cc(Cl)cc1Cl.O=C(Cl)c1cc(F)c(F)c(F)c1F. The average molecular weight is 456 g/mol. The van der Waals surface area contributed by atoms with Crippen molar-refractivity contribution in [2.45, 2.75) is 0 Å². The Morgan fingerprint density at radius 2 is 1.20 bits per heavy atom. The number of rotatable bonds is 2. The maximum absolute atomic E-state index is 12.6. The van der Waals surface area contributed by atoms with Gasteiger partial charge >= 0.3 is 0 Å². The van der Waals surface area contributed by atoms with Gasteiger partial charge in [0.1, 0.15) is 0 Å². The van der Waals surface area contributed by atoms with Gasteiger partial charge in [0.15, 0.2) is 23.3 Å². The molecule has 11 heteroatoms. The maximum atomic E-state index is 12.6. The Morgan fingerprint density at radius 3 is 1.60 bits per heavy atom. The van der Waals surface area contributed by atoms with Crippen LogP contribution in [-0.2, 0) is 0 Å². The maximum Gasteiger partial charge on any atom is 0.255 e. The quantitative estimate of drug-likeness (QED) is 0.220. The van der Waals surface area contributed by atoms with E-state index in [1.54, 1.807) is 0 Å². The lowest BCUT2D eigenvalue weighted by molar-refractivity contribution is 0.107. The highest BCUT2D eigenvalue weighted by molar-refractivity contribution is 6.70. The standard InChI is InChI=1S/C7H2Cl4O.C7HClF4O/c8-3-1-4(9)6(7(11)12)5(10)2-3;8-7(13)2-1-3(9)5(11)6(12)4(2)10/h1-2H;1H. The molecule has 0 aromatic heterocycles. The van der Waals surface area contributed by atoms with Crippen LogP contribution in [0.5, 0.6) is 0 Å². The van der Waals surface area contributed by atoms with Gasteiger partial charge in [-0.05, 0) is 41.4 Å². The molecule has 2 nitrogen and oxygen atoms in total. The molecule has 0 atom stereocenters. The van der Waals surface area contributed by atoms with E-state index < -0.39 is 39.3 Å².